The molecule has 0 spiro atoms. The number of nitrogens with zero attached hydrogens (tertiary/aromatic N) is 4. The van der Waals surface area contributed by atoms with E-state index in [1.807, 2.05) is 0 Å². The molecule has 0 saturated heterocycles. The van der Waals surface area contributed by atoms with Crippen LogP contribution < -0.4 is 5.32 Å². The van der Waals surface area contributed by atoms with Gasteiger partial charge in [0.25, 0.3) is 5.91 Å². The minimum atomic E-state index is -4.69. The fourth-order valence-corrected chi connectivity index (χ4v) is 2.31. The zero-order valence-corrected chi connectivity index (χ0v) is 14.4. The van der Waals surface area contributed by atoms with Crippen molar-refractivity contribution >= 4 is 5.91 Å². The Morgan fingerprint density at radius 3 is 2.54 bits per heavy atom. The van der Waals surface area contributed by atoms with E-state index in [4.69, 9.17) is 4.52 Å². The Balaban J connectivity index is 1.76. The largest absolute Gasteiger partial charge is 0.435 e. The van der Waals surface area contributed by atoms with Crippen molar-refractivity contribution in [3.8, 4) is 11.4 Å². The molecule has 1 amide bonds. The summed E-state index contributed by atoms with van der Waals surface area (Å²) in [6, 6.07) is 2.75. The number of nitrogens with one attached hydrogen (secondary N) is 1. The van der Waals surface area contributed by atoms with Crippen LogP contribution in [0.25, 0.3) is 11.4 Å². The van der Waals surface area contributed by atoms with Gasteiger partial charge in [-0.15, -0.1) is 0 Å². The lowest BCUT2D eigenvalue weighted by atomic mass is 10.2. The van der Waals surface area contributed by atoms with Gasteiger partial charge in [-0.05, 0) is 25.1 Å². The smallest absolute Gasteiger partial charge is 0.339 e. The molecule has 0 fully saturated rings. The third-order valence-electron chi connectivity index (χ3n) is 3.74. The quantitative estimate of drug-likeness (QED) is 0.679. The van der Waals surface area contributed by atoms with E-state index in [-0.39, 0.29) is 23.0 Å². The van der Waals surface area contributed by atoms with Crippen LogP contribution in [0.4, 0.5) is 22.0 Å². The van der Waals surface area contributed by atoms with Crippen LogP contribution in [0, 0.1) is 11.6 Å². The molecule has 0 saturated carbocycles. The lowest BCUT2D eigenvalue weighted by Gasteiger charge is -2.09. The number of hydrogen-bond donors (Lipinski definition) is 1. The molecule has 28 heavy (non-hydrogen) atoms. The van der Waals surface area contributed by atoms with Crippen molar-refractivity contribution in [1.82, 2.24) is 25.2 Å². The number of aryl methyl sites for hydroxylation is 1. The molecular weight excluding hydrogens is 389 g/mol. The molecule has 12 heteroatoms. The van der Waals surface area contributed by atoms with E-state index in [1.54, 1.807) is 0 Å². The summed E-state index contributed by atoms with van der Waals surface area (Å²) in [6.45, 7) is 1.46. The number of benzene rings is 1. The van der Waals surface area contributed by atoms with Gasteiger partial charge >= 0.3 is 6.18 Å². The van der Waals surface area contributed by atoms with Crippen LogP contribution >= 0.6 is 0 Å². The molecular formula is C16H12F5N5O2. The molecule has 0 aliphatic heterocycles. The predicted molar refractivity (Wildman–Crippen MR) is 83.7 cm³/mol. The summed E-state index contributed by atoms with van der Waals surface area (Å²) in [7, 11) is 1.20. The SMILES string of the molecule is CC(NC(=O)c1cc(C(F)(F)F)nn1C)c1nc(-c2ccc(F)c(F)c2)no1. The number of carbonyl (C=O) groups is 1. The Morgan fingerprint density at radius 1 is 1.21 bits per heavy atom. The average Bonchev–Trinajstić information content (AvgIpc) is 3.24. The second-order valence-corrected chi connectivity index (χ2v) is 5.82. The van der Waals surface area contributed by atoms with Crippen molar-refractivity contribution in [2.45, 2.75) is 19.1 Å². The highest BCUT2D eigenvalue weighted by Gasteiger charge is 2.35. The maximum absolute atomic E-state index is 13.3. The monoisotopic (exact) mass is 401 g/mol. The average molecular weight is 401 g/mol. The highest BCUT2D eigenvalue weighted by Crippen LogP contribution is 2.28. The summed E-state index contributed by atoms with van der Waals surface area (Å²) >= 11 is 0. The number of aromatic nitrogens is 4. The van der Waals surface area contributed by atoms with E-state index in [1.165, 1.54) is 20.0 Å². The molecule has 1 aromatic carbocycles. The van der Waals surface area contributed by atoms with Crippen LogP contribution in [0.5, 0.6) is 0 Å². The zero-order chi connectivity index (χ0) is 20.6. The lowest BCUT2D eigenvalue weighted by Crippen LogP contribution is -2.28. The molecule has 0 bridgehead atoms. The second-order valence-electron chi connectivity index (χ2n) is 5.82. The molecule has 2 heterocycles. The number of hydrogen-bond acceptors (Lipinski definition) is 5. The molecule has 1 N–H and O–H groups in total. The third-order valence-corrected chi connectivity index (χ3v) is 3.74. The van der Waals surface area contributed by atoms with Crippen LogP contribution in [0.2, 0.25) is 0 Å². The highest BCUT2D eigenvalue weighted by atomic mass is 19.4. The van der Waals surface area contributed by atoms with Crippen LogP contribution in [-0.4, -0.2) is 25.8 Å². The van der Waals surface area contributed by atoms with Gasteiger partial charge in [-0.25, -0.2) is 8.78 Å². The van der Waals surface area contributed by atoms with Gasteiger partial charge in [0.1, 0.15) is 11.7 Å². The van der Waals surface area contributed by atoms with Gasteiger partial charge in [0, 0.05) is 18.7 Å². The summed E-state index contributed by atoms with van der Waals surface area (Å²) in [5.41, 5.74) is -1.38. The maximum atomic E-state index is 13.3. The number of carbonyl (C=O) groups excluding carboxylic acids is 1. The van der Waals surface area contributed by atoms with Gasteiger partial charge in [-0.3, -0.25) is 9.48 Å². The summed E-state index contributed by atoms with van der Waals surface area (Å²) in [5.74, 6) is -3.10. The first-order valence-electron chi connectivity index (χ1n) is 7.77. The highest BCUT2D eigenvalue weighted by molar-refractivity contribution is 5.92. The molecule has 1 atom stereocenters. The standard InChI is InChI=1S/C16H12F5N5O2/c1-7(22-14(27)11-6-12(16(19,20)21)24-26(11)2)15-23-13(25-28-15)8-3-4-9(17)10(18)5-8/h3-7H,1-2H3,(H,22,27). The fourth-order valence-electron chi connectivity index (χ4n) is 2.31. The van der Waals surface area contributed by atoms with Crippen LogP contribution in [-0.2, 0) is 13.2 Å². The number of halogens is 5. The predicted octanol–water partition coefficient (Wildman–Crippen LogP) is 3.26. The topological polar surface area (TPSA) is 85.8 Å². The van der Waals surface area contributed by atoms with Gasteiger partial charge in [-0.1, -0.05) is 5.16 Å². The molecule has 0 aliphatic rings. The van der Waals surface area contributed by atoms with Crippen molar-refractivity contribution < 1.29 is 31.3 Å². The Hall–Kier alpha value is -3.31. The van der Waals surface area contributed by atoms with E-state index in [9.17, 15) is 26.7 Å². The van der Waals surface area contributed by atoms with Crippen molar-refractivity contribution in [3.05, 3.63) is 53.2 Å². The summed E-state index contributed by atoms with van der Waals surface area (Å²) < 4.78 is 70.2. The Kier molecular flexibility index (Phi) is 4.87. The molecule has 7 nitrogen and oxygen atoms in total. The van der Waals surface area contributed by atoms with Crippen LogP contribution in [0.15, 0.2) is 28.8 Å². The van der Waals surface area contributed by atoms with Gasteiger partial charge in [-0.2, -0.15) is 23.3 Å². The van der Waals surface area contributed by atoms with E-state index < -0.39 is 35.5 Å². The second kappa shape index (κ2) is 7.02. The normalized spacial score (nSPS) is 12.8. The molecule has 0 radical (unpaired) electrons. The summed E-state index contributed by atoms with van der Waals surface area (Å²) in [4.78, 5) is 16.2. The first kappa shape index (κ1) is 19.5. The molecule has 0 aliphatic carbocycles. The summed E-state index contributed by atoms with van der Waals surface area (Å²) in [5, 5.41) is 9.28. The van der Waals surface area contributed by atoms with Gasteiger partial charge in [0.05, 0.1) is 0 Å². The van der Waals surface area contributed by atoms with Crippen molar-refractivity contribution in [2.24, 2.45) is 7.05 Å². The van der Waals surface area contributed by atoms with Crippen molar-refractivity contribution in [3.63, 3.8) is 0 Å². The number of amides is 1. The van der Waals surface area contributed by atoms with Crippen molar-refractivity contribution in [2.75, 3.05) is 0 Å². The Labute approximate surface area is 154 Å². The first-order valence-corrected chi connectivity index (χ1v) is 7.77. The van der Waals surface area contributed by atoms with E-state index in [2.05, 4.69) is 20.6 Å². The summed E-state index contributed by atoms with van der Waals surface area (Å²) in [6.07, 6.45) is -4.69. The first-order chi connectivity index (χ1) is 13.1. The minimum Gasteiger partial charge on any atom is -0.339 e. The number of rotatable bonds is 4. The van der Waals surface area contributed by atoms with E-state index in [0.29, 0.717) is 6.07 Å². The van der Waals surface area contributed by atoms with Gasteiger partial charge < -0.3 is 9.84 Å². The molecule has 3 rings (SSSR count). The van der Waals surface area contributed by atoms with E-state index in [0.717, 1.165) is 16.8 Å². The molecule has 2 aromatic heterocycles. The Bertz CT molecular complexity index is 1030. The molecule has 148 valence electrons. The number of alkyl halides is 3. The van der Waals surface area contributed by atoms with Crippen LogP contribution in [0.1, 0.15) is 35.0 Å². The lowest BCUT2D eigenvalue weighted by molar-refractivity contribution is -0.141. The van der Waals surface area contributed by atoms with Crippen LogP contribution in [0.3, 0.4) is 0 Å². The fraction of sp³-hybridized carbons (Fsp3) is 0.250. The maximum Gasteiger partial charge on any atom is 0.435 e. The zero-order valence-electron chi connectivity index (χ0n) is 14.4. The third kappa shape index (κ3) is 3.85. The molecule has 1 unspecified atom stereocenters. The van der Waals surface area contributed by atoms with Gasteiger partial charge in [0.2, 0.25) is 11.7 Å². The Morgan fingerprint density at radius 2 is 1.93 bits per heavy atom. The van der Waals surface area contributed by atoms with E-state index >= 15 is 0 Å². The van der Waals surface area contributed by atoms with Gasteiger partial charge in [0.15, 0.2) is 17.3 Å². The van der Waals surface area contributed by atoms with Crippen molar-refractivity contribution in [1.29, 1.82) is 0 Å². The molecule has 3 aromatic rings. The minimum absolute atomic E-state index is 0.0464.